The molecule has 0 saturated carbocycles. The third-order valence-electron chi connectivity index (χ3n) is 9.77. The standard InChI is InChI=1S/C33H22F2N3O.C14H16GeN.Ir/c1-18-13-19(2)30(20(3)14-18)38-28-10-5-4-9-27(28)37-32(38)26-8-6-7-25-29-24(11-12-36-33(29)39-31(25)26)21-15-22(34)17-23(35)16-21;1-15(2,3)13-9-10-14(16-11-13)12-7-5-4-6-8-12;/h4-7,9-17H,1-3H3;4-7,9-11H,1-3H3;/q2*-1;. The van der Waals surface area contributed by atoms with E-state index in [1.54, 1.807) is 12.3 Å². The van der Waals surface area contributed by atoms with Crippen LogP contribution in [0.15, 0.2) is 126 Å². The van der Waals surface area contributed by atoms with Crippen LogP contribution in [0.2, 0.25) is 17.3 Å². The van der Waals surface area contributed by atoms with E-state index in [9.17, 15) is 8.78 Å². The number of hydrogen-bond donors (Lipinski definition) is 0. The largest absolute Gasteiger partial charge is 0 e. The molecule has 1 radical (unpaired) electrons. The molecule has 4 aromatic heterocycles. The topological polar surface area (TPSA) is 56.7 Å². The van der Waals surface area contributed by atoms with Crippen LogP contribution in [0.4, 0.5) is 8.78 Å². The Balaban J connectivity index is 0.000000238. The molecule has 0 unspecified atom stereocenters. The summed E-state index contributed by atoms with van der Waals surface area (Å²) < 4.78 is 38.2. The van der Waals surface area contributed by atoms with Crippen molar-refractivity contribution in [1.82, 2.24) is 19.5 Å². The number of para-hydroxylation sites is 2. The SMILES string of the molecule is Cc1cc(C)c(-n2c(-c3[c-]ccc4c3oc3nccc(-c5cc(F)cc(F)c5)c34)nc3ccccc32)c(C)c1.[CH3][Ge]([CH3])([CH3])[c]1ccc(-c2[c-]cccc2)nc1.[Ir]. The van der Waals surface area contributed by atoms with Crippen LogP contribution in [0, 0.1) is 44.5 Å². The maximum Gasteiger partial charge on any atom is 0 e. The first kappa shape index (κ1) is 39.0. The van der Waals surface area contributed by atoms with Gasteiger partial charge in [-0.15, -0.1) is 18.2 Å². The Morgan fingerprint density at radius 2 is 1.48 bits per heavy atom. The van der Waals surface area contributed by atoms with Crippen molar-refractivity contribution in [3.63, 3.8) is 0 Å². The normalized spacial score (nSPS) is 11.4. The van der Waals surface area contributed by atoms with Crippen LogP contribution < -0.4 is 4.40 Å². The summed E-state index contributed by atoms with van der Waals surface area (Å²) in [6, 6.07) is 40.2. The minimum Gasteiger partial charge on any atom is 0 e. The van der Waals surface area contributed by atoms with E-state index in [4.69, 9.17) is 9.40 Å². The van der Waals surface area contributed by atoms with E-state index >= 15 is 0 Å². The van der Waals surface area contributed by atoms with Gasteiger partial charge in [0.2, 0.25) is 5.71 Å². The molecule has 0 saturated heterocycles. The van der Waals surface area contributed by atoms with Crippen molar-refractivity contribution in [3.8, 4) is 39.5 Å². The zero-order valence-electron chi connectivity index (χ0n) is 31.8. The molecule has 56 heavy (non-hydrogen) atoms. The average Bonchev–Trinajstić information content (AvgIpc) is 3.73. The van der Waals surface area contributed by atoms with E-state index < -0.39 is 24.9 Å². The minimum absolute atomic E-state index is 0. The Kier molecular flexibility index (Phi) is 10.9. The van der Waals surface area contributed by atoms with E-state index in [0.717, 1.165) is 50.6 Å². The molecule has 9 heteroatoms. The Bertz CT molecular complexity index is 2820. The molecule has 0 N–H and O–H groups in total. The van der Waals surface area contributed by atoms with Gasteiger partial charge in [-0.2, -0.15) is 0 Å². The number of imidazole rings is 1. The number of hydrogen-bond acceptors (Lipinski definition) is 4. The minimum atomic E-state index is -1.72. The van der Waals surface area contributed by atoms with Gasteiger partial charge in [0.15, 0.2) is 0 Å². The summed E-state index contributed by atoms with van der Waals surface area (Å²) in [7, 11) is 0. The van der Waals surface area contributed by atoms with Crippen molar-refractivity contribution >= 4 is 50.8 Å². The summed E-state index contributed by atoms with van der Waals surface area (Å²) in [5, 5.41) is 1.44. The molecule has 0 fully saturated rings. The molecule has 9 aromatic rings. The Morgan fingerprint density at radius 1 is 0.750 bits per heavy atom. The van der Waals surface area contributed by atoms with Gasteiger partial charge in [0.1, 0.15) is 11.6 Å². The van der Waals surface area contributed by atoms with Gasteiger partial charge in [0.05, 0.1) is 22.4 Å². The molecule has 0 spiro atoms. The van der Waals surface area contributed by atoms with Crippen molar-refractivity contribution in [2.24, 2.45) is 0 Å². The molecule has 0 aliphatic heterocycles. The molecular weight excluding hydrogens is 939 g/mol. The summed E-state index contributed by atoms with van der Waals surface area (Å²) in [5.74, 6) is 6.54. The van der Waals surface area contributed by atoms with Crippen molar-refractivity contribution in [2.45, 2.75) is 38.0 Å². The van der Waals surface area contributed by atoms with Gasteiger partial charge in [0.25, 0.3) is 0 Å². The van der Waals surface area contributed by atoms with Gasteiger partial charge >= 0.3 is 99.8 Å². The van der Waals surface area contributed by atoms with Crippen LogP contribution in [-0.2, 0) is 20.1 Å². The maximum absolute atomic E-state index is 14.1. The number of aromatic nitrogens is 4. The zero-order chi connectivity index (χ0) is 38.4. The van der Waals surface area contributed by atoms with Crippen molar-refractivity contribution in [2.75, 3.05) is 0 Å². The van der Waals surface area contributed by atoms with E-state index in [0.29, 0.717) is 39.2 Å². The van der Waals surface area contributed by atoms with Crippen LogP contribution >= 0.6 is 0 Å². The zero-order valence-corrected chi connectivity index (χ0v) is 36.3. The summed E-state index contributed by atoms with van der Waals surface area (Å²) in [4.78, 5) is 14.0. The van der Waals surface area contributed by atoms with Crippen LogP contribution in [0.1, 0.15) is 16.7 Å². The van der Waals surface area contributed by atoms with Crippen molar-refractivity contribution in [3.05, 3.63) is 162 Å². The van der Waals surface area contributed by atoms with E-state index in [-0.39, 0.29) is 20.1 Å². The fraction of sp³-hybridized carbons (Fsp3) is 0.128. The maximum atomic E-state index is 14.1. The first-order valence-electron chi connectivity index (χ1n) is 18.1. The van der Waals surface area contributed by atoms with Crippen LogP contribution in [-0.4, -0.2) is 32.8 Å². The van der Waals surface area contributed by atoms with Crippen LogP contribution in [0.3, 0.4) is 0 Å². The number of halogens is 2. The van der Waals surface area contributed by atoms with Crippen molar-refractivity contribution in [1.29, 1.82) is 0 Å². The number of pyridine rings is 2. The predicted molar refractivity (Wildman–Crippen MR) is 221 cm³/mol. The number of nitrogens with zero attached hydrogens (tertiary/aromatic N) is 4. The van der Waals surface area contributed by atoms with E-state index in [2.05, 4.69) is 95.0 Å². The first-order valence-corrected chi connectivity index (χ1v) is 25.5. The Hall–Kier alpha value is -5.28. The number of benzene rings is 5. The molecular formula is C47H38F2GeIrN4O-2. The monoisotopic (exact) mass is 979 g/mol. The quantitative estimate of drug-likeness (QED) is 0.127. The Labute approximate surface area is 341 Å². The third-order valence-corrected chi connectivity index (χ3v) is 14.0. The van der Waals surface area contributed by atoms with E-state index in [1.165, 1.54) is 22.1 Å². The fourth-order valence-electron chi connectivity index (χ4n) is 7.27. The fourth-order valence-corrected chi connectivity index (χ4v) is 9.45. The summed E-state index contributed by atoms with van der Waals surface area (Å²) in [6.45, 7) is 6.30. The molecule has 0 atom stereocenters. The third kappa shape index (κ3) is 7.49. The van der Waals surface area contributed by atoms with Gasteiger partial charge in [-0.1, -0.05) is 40.8 Å². The molecule has 281 valence electrons. The van der Waals surface area contributed by atoms with Gasteiger partial charge in [-0.25, -0.2) is 13.8 Å². The number of aryl methyl sites for hydroxylation is 3. The smallest absolute Gasteiger partial charge is 0 e. The Morgan fingerprint density at radius 3 is 2.16 bits per heavy atom. The molecule has 5 nitrogen and oxygen atoms in total. The molecule has 0 bridgehead atoms. The van der Waals surface area contributed by atoms with Gasteiger partial charge in [-0.3, -0.25) is 4.98 Å². The molecule has 0 aliphatic carbocycles. The number of furan rings is 1. The molecule has 4 heterocycles. The second-order valence-corrected chi connectivity index (χ2v) is 25.5. The second-order valence-electron chi connectivity index (χ2n) is 14.9. The van der Waals surface area contributed by atoms with E-state index in [1.807, 2.05) is 60.8 Å². The van der Waals surface area contributed by atoms with Gasteiger partial charge in [-0.05, 0) is 73.4 Å². The summed E-state index contributed by atoms with van der Waals surface area (Å²) >= 11 is -1.72. The summed E-state index contributed by atoms with van der Waals surface area (Å²) in [5.41, 5.74) is 11.1. The average molecular weight is 978 g/mol. The van der Waals surface area contributed by atoms with Gasteiger partial charge in [0, 0.05) is 43.4 Å². The molecule has 0 amide bonds. The number of rotatable bonds is 5. The first-order chi connectivity index (χ1) is 26.5. The molecule has 5 aromatic carbocycles. The van der Waals surface area contributed by atoms with Gasteiger partial charge < -0.3 is 8.98 Å². The number of fused-ring (bicyclic) bond motifs is 4. The second kappa shape index (κ2) is 15.7. The predicted octanol–water partition coefficient (Wildman–Crippen LogP) is 11.7. The van der Waals surface area contributed by atoms with Crippen LogP contribution in [0.25, 0.3) is 72.6 Å². The molecule has 0 aliphatic rings. The molecule has 9 rings (SSSR count). The van der Waals surface area contributed by atoms with Crippen LogP contribution in [0.5, 0.6) is 0 Å². The van der Waals surface area contributed by atoms with Crippen molar-refractivity contribution < 1.29 is 33.3 Å². The summed E-state index contributed by atoms with van der Waals surface area (Å²) in [6.07, 6.45) is 3.62.